The Morgan fingerprint density at radius 3 is 1.83 bits per heavy atom. The zero-order valence-electron chi connectivity index (χ0n) is 15.6. The Hall–Kier alpha value is -3.11. The molecule has 0 amide bonds. The fraction of sp³-hybridized carbons (Fsp3) is 0. The van der Waals surface area contributed by atoms with E-state index in [0.717, 1.165) is 16.5 Å². The van der Waals surface area contributed by atoms with Crippen molar-refractivity contribution >= 4 is 30.9 Å². The average molecular weight is 440 g/mol. The van der Waals surface area contributed by atoms with Gasteiger partial charge in [-0.3, -0.25) is 4.98 Å². The predicted molar refractivity (Wildman–Crippen MR) is 115 cm³/mol. The third-order valence-electron chi connectivity index (χ3n) is 4.71. The van der Waals surface area contributed by atoms with Gasteiger partial charge in [0, 0.05) is 11.6 Å². The number of primary sulfonamides is 2. The normalized spacial score (nSPS) is 12.2. The second kappa shape index (κ2) is 7.29. The van der Waals surface area contributed by atoms with Crippen LogP contribution in [0, 0.1) is 0 Å². The molecular weight excluding hydrogens is 422 g/mol. The number of pyridine rings is 1. The van der Waals surface area contributed by atoms with Crippen LogP contribution in [0.25, 0.3) is 33.2 Å². The average Bonchev–Trinajstić information content (AvgIpc) is 2.72. The van der Waals surface area contributed by atoms with Crippen LogP contribution in [0.4, 0.5) is 0 Å². The maximum absolute atomic E-state index is 11.7. The second-order valence-corrected chi connectivity index (χ2v) is 9.86. The molecule has 0 aliphatic carbocycles. The number of nitrogens with zero attached hydrogens (tertiary/aromatic N) is 1. The minimum Gasteiger partial charge on any atom is -0.256 e. The molecule has 0 aliphatic heterocycles. The summed E-state index contributed by atoms with van der Waals surface area (Å²) in [6, 6.07) is 20.0. The molecule has 0 spiro atoms. The molecule has 1 aromatic heterocycles. The van der Waals surface area contributed by atoms with Crippen molar-refractivity contribution in [3.8, 4) is 22.3 Å². The Morgan fingerprint density at radius 2 is 1.20 bits per heavy atom. The van der Waals surface area contributed by atoms with Crippen molar-refractivity contribution in [2.45, 2.75) is 9.79 Å². The predicted octanol–water partition coefficient (Wildman–Crippen LogP) is 2.86. The van der Waals surface area contributed by atoms with Gasteiger partial charge in [0.2, 0.25) is 20.0 Å². The first kappa shape index (κ1) is 20.2. The van der Waals surface area contributed by atoms with Gasteiger partial charge >= 0.3 is 0 Å². The number of rotatable bonds is 4. The molecule has 7 nitrogen and oxygen atoms in total. The van der Waals surface area contributed by atoms with E-state index >= 15 is 0 Å². The molecule has 0 aliphatic rings. The van der Waals surface area contributed by atoms with Crippen molar-refractivity contribution in [1.29, 1.82) is 0 Å². The van der Waals surface area contributed by atoms with E-state index < -0.39 is 20.0 Å². The van der Waals surface area contributed by atoms with Crippen LogP contribution in [0.5, 0.6) is 0 Å². The number of aromatic nitrogens is 1. The van der Waals surface area contributed by atoms with Crippen molar-refractivity contribution in [1.82, 2.24) is 4.98 Å². The minimum absolute atomic E-state index is 0.0157. The molecule has 4 aromatic rings. The second-order valence-electron chi connectivity index (χ2n) is 6.74. The zero-order chi connectivity index (χ0) is 21.5. The monoisotopic (exact) mass is 439 g/mol. The molecule has 30 heavy (non-hydrogen) atoms. The van der Waals surface area contributed by atoms with Crippen LogP contribution in [0.15, 0.2) is 88.8 Å². The van der Waals surface area contributed by atoms with E-state index in [-0.39, 0.29) is 9.79 Å². The number of sulfonamides is 2. The van der Waals surface area contributed by atoms with Crippen LogP contribution in [-0.2, 0) is 20.0 Å². The van der Waals surface area contributed by atoms with Crippen molar-refractivity contribution in [2.75, 3.05) is 0 Å². The van der Waals surface area contributed by atoms with E-state index in [2.05, 4.69) is 4.98 Å². The van der Waals surface area contributed by atoms with Gasteiger partial charge in [0.05, 0.1) is 15.3 Å². The molecule has 0 fully saturated rings. The molecule has 0 saturated carbocycles. The zero-order valence-corrected chi connectivity index (χ0v) is 17.2. The fourth-order valence-corrected chi connectivity index (χ4v) is 4.39. The van der Waals surface area contributed by atoms with E-state index in [4.69, 9.17) is 10.3 Å². The Balaban J connectivity index is 1.91. The van der Waals surface area contributed by atoms with E-state index in [0.29, 0.717) is 16.6 Å². The van der Waals surface area contributed by atoms with Crippen molar-refractivity contribution < 1.29 is 16.8 Å². The van der Waals surface area contributed by atoms with Crippen LogP contribution >= 0.6 is 0 Å². The third-order valence-corrected chi connectivity index (χ3v) is 6.53. The van der Waals surface area contributed by atoms with Crippen molar-refractivity contribution in [3.05, 3.63) is 79.0 Å². The van der Waals surface area contributed by atoms with Crippen LogP contribution in [-0.4, -0.2) is 21.8 Å². The lowest BCUT2D eigenvalue weighted by molar-refractivity contribution is 0.596. The summed E-state index contributed by atoms with van der Waals surface area (Å²) in [4.78, 5) is 4.41. The highest BCUT2D eigenvalue weighted by Gasteiger charge is 2.13. The molecule has 152 valence electrons. The molecule has 4 rings (SSSR count). The smallest absolute Gasteiger partial charge is 0.238 e. The molecule has 3 aromatic carbocycles. The molecule has 9 heteroatoms. The lowest BCUT2D eigenvalue weighted by atomic mass is 9.97. The molecular formula is C21H17N3O4S2. The largest absolute Gasteiger partial charge is 0.256 e. The van der Waals surface area contributed by atoms with Crippen molar-refractivity contribution in [3.63, 3.8) is 0 Å². The van der Waals surface area contributed by atoms with E-state index in [1.54, 1.807) is 36.5 Å². The lowest BCUT2D eigenvalue weighted by Crippen LogP contribution is -2.12. The van der Waals surface area contributed by atoms with E-state index in [1.165, 1.54) is 24.3 Å². The first-order chi connectivity index (χ1) is 14.1. The number of nitrogens with two attached hydrogens (primary N) is 2. The molecule has 0 bridgehead atoms. The highest BCUT2D eigenvalue weighted by atomic mass is 32.2. The summed E-state index contributed by atoms with van der Waals surface area (Å²) >= 11 is 0. The molecule has 0 unspecified atom stereocenters. The van der Waals surface area contributed by atoms with Gasteiger partial charge in [-0.2, -0.15) is 0 Å². The molecule has 0 saturated heterocycles. The van der Waals surface area contributed by atoms with Crippen LogP contribution in [0.1, 0.15) is 0 Å². The Labute approximate surface area is 174 Å². The van der Waals surface area contributed by atoms with Gasteiger partial charge in [0.25, 0.3) is 0 Å². The maximum atomic E-state index is 11.7. The quantitative estimate of drug-likeness (QED) is 0.504. The van der Waals surface area contributed by atoms with Gasteiger partial charge in [0.1, 0.15) is 0 Å². The Bertz CT molecular complexity index is 1500. The van der Waals surface area contributed by atoms with Crippen LogP contribution < -0.4 is 10.3 Å². The Kier molecular flexibility index (Phi) is 4.91. The van der Waals surface area contributed by atoms with Crippen molar-refractivity contribution in [2.24, 2.45) is 10.3 Å². The minimum atomic E-state index is -3.84. The first-order valence-electron chi connectivity index (χ1n) is 8.78. The molecule has 0 radical (unpaired) electrons. The van der Waals surface area contributed by atoms with Gasteiger partial charge < -0.3 is 0 Å². The van der Waals surface area contributed by atoms with Gasteiger partial charge in [0.15, 0.2) is 0 Å². The third kappa shape index (κ3) is 3.96. The maximum Gasteiger partial charge on any atom is 0.238 e. The van der Waals surface area contributed by atoms with Crippen LogP contribution in [0.3, 0.4) is 0 Å². The highest BCUT2D eigenvalue weighted by molar-refractivity contribution is 7.89. The summed E-state index contributed by atoms with van der Waals surface area (Å²) in [5.41, 5.74) is 3.60. The molecule has 4 N–H and O–H groups in total. The van der Waals surface area contributed by atoms with Gasteiger partial charge in [-0.25, -0.2) is 27.1 Å². The summed E-state index contributed by atoms with van der Waals surface area (Å²) in [5, 5.41) is 11.3. The number of fused-ring (bicyclic) bond motifs is 1. The number of hydrogen-bond acceptors (Lipinski definition) is 5. The number of hydrogen-bond donors (Lipinski definition) is 2. The summed E-state index contributed by atoms with van der Waals surface area (Å²) < 4.78 is 46.9. The first-order valence-corrected chi connectivity index (χ1v) is 11.9. The van der Waals surface area contributed by atoms with E-state index in [9.17, 15) is 16.8 Å². The molecule has 0 atom stereocenters. The summed E-state index contributed by atoms with van der Waals surface area (Å²) in [7, 11) is -7.67. The standard InChI is InChI=1S/C21H17N3O4S2/c22-29(25,26)17-5-1-3-14(11-17)15-7-8-21-20(13-15)19(9-10-24-21)16-4-2-6-18(12-16)30(23,27)28/h1-13H,(H2,22,25,26)(H2,23,27,28). The summed E-state index contributed by atoms with van der Waals surface area (Å²) in [6.07, 6.45) is 1.64. The lowest BCUT2D eigenvalue weighted by Gasteiger charge is -2.10. The highest BCUT2D eigenvalue weighted by Crippen LogP contribution is 2.32. The van der Waals surface area contributed by atoms with Crippen LogP contribution in [0.2, 0.25) is 0 Å². The SMILES string of the molecule is NS(=O)(=O)c1cccc(-c2ccc3nccc(-c4cccc(S(N)(=O)=O)c4)c3c2)c1. The van der Waals surface area contributed by atoms with Gasteiger partial charge in [-0.05, 0) is 64.7 Å². The molecule has 1 heterocycles. The summed E-state index contributed by atoms with van der Waals surface area (Å²) in [5.74, 6) is 0. The Morgan fingerprint density at radius 1 is 0.633 bits per heavy atom. The van der Waals surface area contributed by atoms with E-state index in [1.807, 2.05) is 18.2 Å². The van der Waals surface area contributed by atoms with Gasteiger partial charge in [-0.15, -0.1) is 0 Å². The summed E-state index contributed by atoms with van der Waals surface area (Å²) in [6.45, 7) is 0. The number of benzene rings is 3. The van der Waals surface area contributed by atoms with Gasteiger partial charge in [-0.1, -0.05) is 30.3 Å². The fourth-order valence-electron chi connectivity index (χ4n) is 3.27. The topological polar surface area (TPSA) is 133 Å².